The lowest BCUT2D eigenvalue weighted by Gasteiger charge is -2.10. The van der Waals surface area contributed by atoms with Crippen molar-refractivity contribution in [2.75, 3.05) is 30.5 Å². The first-order valence-corrected chi connectivity index (χ1v) is 9.49. The normalized spacial score (nSPS) is 11.1. The fourth-order valence-electron chi connectivity index (χ4n) is 3.30. The summed E-state index contributed by atoms with van der Waals surface area (Å²) < 4.78 is 35.0. The zero-order valence-corrected chi connectivity index (χ0v) is 17.0. The van der Waals surface area contributed by atoms with Crippen molar-refractivity contribution in [3.63, 3.8) is 0 Å². The van der Waals surface area contributed by atoms with Crippen molar-refractivity contribution < 1.29 is 18.3 Å². The second kappa shape index (κ2) is 8.55. The SMILES string of the molecule is COCC(=O)Nc1c(N)nc(-c2nn(Cc3ccccc3F)c3c(F)cccc23)nc1N. The third-order valence-electron chi connectivity index (χ3n) is 4.72. The number of methoxy groups -OCH3 is 1. The van der Waals surface area contributed by atoms with E-state index in [9.17, 15) is 13.6 Å². The monoisotopic (exact) mass is 439 g/mol. The Balaban J connectivity index is 1.81. The Morgan fingerprint density at radius 2 is 1.75 bits per heavy atom. The maximum Gasteiger partial charge on any atom is 0.250 e. The average molecular weight is 439 g/mol. The number of hydrogen-bond acceptors (Lipinski definition) is 7. The highest BCUT2D eigenvalue weighted by Gasteiger charge is 2.21. The molecule has 0 saturated heterocycles. The number of nitrogens with two attached hydrogens (primary N) is 2. The van der Waals surface area contributed by atoms with Crippen LogP contribution < -0.4 is 16.8 Å². The van der Waals surface area contributed by atoms with Crippen LogP contribution in [0.2, 0.25) is 0 Å². The quantitative estimate of drug-likeness (QED) is 0.420. The lowest BCUT2D eigenvalue weighted by atomic mass is 10.2. The number of carbonyl (C=O) groups excluding carboxylic acids is 1. The number of hydrogen-bond donors (Lipinski definition) is 3. The smallest absolute Gasteiger partial charge is 0.250 e. The summed E-state index contributed by atoms with van der Waals surface area (Å²) >= 11 is 0. The Morgan fingerprint density at radius 3 is 2.44 bits per heavy atom. The van der Waals surface area contributed by atoms with E-state index in [1.165, 1.54) is 30.0 Å². The third kappa shape index (κ3) is 3.93. The van der Waals surface area contributed by atoms with Crippen molar-refractivity contribution in [2.24, 2.45) is 0 Å². The molecule has 0 fully saturated rings. The maximum absolute atomic E-state index is 14.7. The zero-order chi connectivity index (χ0) is 22.8. The van der Waals surface area contributed by atoms with Gasteiger partial charge >= 0.3 is 0 Å². The van der Waals surface area contributed by atoms with Gasteiger partial charge in [-0.15, -0.1) is 0 Å². The van der Waals surface area contributed by atoms with Gasteiger partial charge in [0, 0.05) is 18.1 Å². The number of ether oxygens (including phenoxy) is 1. The molecule has 2 aromatic carbocycles. The predicted molar refractivity (Wildman–Crippen MR) is 116 cm³/mol. The molecule has 1 amide bonds. The molecular weight excluding hydrogens is 420 g/mol. The van der Waals surface area contributed by atoms with E-state index in [4.69, 9.17) is 16.2 Å². The number of nitrogens with zero attached hydrogens (tertiary/aromatic N) is 4. The minimum Gasteiger partial charge on any atom is -0.382 e. The van der Waals surface area contributed by atoms with Gasteiger partial charge < -0.3 is 21.5 Å². The molecule has 164 valence electrons. The molecule has 0 aliphatic carbocycles. The second-order valence-electron chi connectivity index (χ2n) is 6.91. The minimum absolute atomic E-state index is 0.0137. The average Bonchev–Trinajstić information content (AvgIpc) is 3.12. The number of halogens is 2. The molecule has 0 atom stereocenters. The van der Waals surface area contributed by atoms with Gasteiger partial charge in [-0.25, -0.2) is 18.7 Å². The van der Waals surface area contributed by atoms with Crippen LogP contribution in [0.4, 0.5) is 26.1 Å². The molecule has 0 aliphatic rings. The Kier molecular flexibility index (Phi) is 5.65. The molecular formula is C21H19F2N7O2. The molecule has 0 aliphatic heterocycles. The first kappa shape index (κ1) is 21.1. The summed E-state index contributed by atoms with van der Waals surface area (Å²) in [6.07, 6.45) is 0. The Hall–Kier alpha value is -4.12. The maximum atomic E-state index is 14.7. The lowest BCUT2D eigenvalue weighted by molar-refractivity contribution is -0.119. The van der Waals surface area contributed by atoms with Crippen LogP contribution in [0, 0.1) is 11.6 Å². The highest BCUT2D eigenvalue weighted by molar-refractivity contribution is 5.98. The highest BCUT2D eigenvalue weighted by Crippen LogP contribution is 2.32. The van der Waals surface area contributed by atoms with Crippen LogP contribution in [0.3, 0.4) is 0 Å². The number of anilines is 3. The van der Waals surface area contributed by atoms with Crippen molar-refractivity contribution in [3.05, 3.63) is 59.7 Å². The fourth-order valence-corrected chi connectivity index (χ4v) is 3.30. The zero-order valence-electron chi connectivity index (χ0n) is 17.0. The van der Waals surface area contributed by atoms with Gasteiger partial charge in [0.05, 0.1) is 6.54 Å². The molecule has 11 heteroatoms. The van der Waals surface area contributed by atoms with Crippen molar-refractivity contribution in [1.29, 1.82) is 0 Å². The molecule has 4 rings (SSSR count). The summed E-state index contributed by atoms with van der Waals surface area (Å²) in [4.78, 5) is 20.2. The Morgan fingerprint density at radius 1 is 1.06 bits per heavy atom. The standard InChI is InChI=1S/C21H19F2N7O2/c1-32-10-15(31)26-17-19(24)27-21(28-20(17)25)16-12-6-4-8-14(23)18(12)30(29-16)9-11-5-2-3-7-13(11)22/h2-8H,9-10H2,1H3,(H,26,31)(H4,24,25,27,28). The number of aromatic nitrogens is 4. The van der Waals surface area contributed by atoms with Gasteiger partial charge in [0.15, 0.2) is 17.5 Å². The molecule has 5 N–H and O–H groups in total. The number of nitrogens with one attached hydrogen (secondary N) is 1. The van der Waals surface area contributed by atoms with Gasteiger partial charge in [0.2, 0.25) is 0 Å². The molecule has 0 unspecified atom stereocenters. The number of rotatable bonds is 6. The van der Waals surface area contributed by atoms with E-state index in [2.05, 4.69) is 20.4 Å². The van der Waals surface area contributed by atoms with E-state index in [1.54, 1.807) is 24.3 Å². The molecule has 32 heavy (non-hydrogen) atoms. The highest BCUT2D eigenvalue weighted by atomic mass is 19.1. The molecule has 0 saturated carbocycles. The largest absolute Gasteiger partial charge is 0.382 e. The summed E-state index contributed by atoms with van der Waals surface area (Å²) in [5, 5.41) is 7.31. The molecule has 2 aromatic heterocycles. The minimum atomic E-state index is -0.540. The van der Waals surface area contributed by atoms with Gasteiger partial charge in [-0.2, -0.15) is 5.10 Å². The van der Waals surface area contributed by atoms with Crippen LogP contribution in [0.15, 0.2) is 42.5 Å². The van der Waals surface area contributed by atoms with Crippen molar-refractivity contribution in [1.82, 2.24) is 19.7 Å². The van der Waals surface area contributed by atoms with E-state index in [0.717, 1.165) is 0 Å². The molecule has 4 aromatic rings. The van der Waals surface area contributed by atoms with Gasteiger partial charge in [-0.3, -0.25) is 9.48 Å². The van der Waals surface area contributed by atoms with E-state index in [1.807, 2.05) is 0 Å². The molecule has 0 radical (unpaired) electrons. The van der Waals surface area contributed by atoms with Crippen LogP contribution in [0.25, 0.3) is 22.4 Å². The summed E-state index contributed by atoms with van der Waals surface area (Å²) in [7, 11) is 1.37. The third-order valence-corrected chi connectivity index (χ3v) is 4.72. The van der Waals surface area contributed by atoms with Gasteiger partial charge in [0.25, 0.3) is 5.91 Å². The Labute approximate surface area is 181 Å². The number of amides is 1. The molecule has 0 bridgehead atoms. The Bertz CT molecular complexity index is 1300. The lowest BCUT2D eigenvalue weighted by Crippen LogP contribution is -2.20. The van der Waals surface area contributed by atoms with E-state index >= 15 is 0 Å². The van der Waals surface area contributed by atoms with Crippen LogP contribution in [0.5, 0.6) is 0 Å². The summed E-state index contributed by atoms with van der Waals surface area (Å²) in [6, 6.07) is 10.6. The number of carbonyl (C=O) groups is 1. The van der Waals surface area contributed by atoms with Crippen molar-refractivity contribution in [3.8, 4) is 11.5 Å². The van der Waals surface area contributed by atoms with Gasteiger partial charge in [-0.1, -0.05) is 30.3 Å². The number of fused-ring (bicyclic) bond motifs is 1. The summed E-state index contributed by atoms with van der Waals surface area (Å²) in [5.41, 5.74) is 12.7. The van der Waals surface area contributed by atoms with Crippen LogP contribution in [-0.4, -0.2) is 39.4 Å². The molecule has 0 spiro atoms. The van der Waals surface area contributed by atoms with E-state index in [-0.39, 0.29) is 47.5 Å². The second-order valence-corrected chi connectivity index (χ2v) is 6.91. The predicted octanol–water partition coefficient (Wildman–Crippen LogP) is 2.57. The summed E-state index contributed by atoms with van der Waals surface area (Å²) in [6.45, 7) is -0.217. The fraction of sp³-hybridized carbons (Fsp3) is 0.143. The topological polar surface area (TPSA) is 134 Å². The van der Waals surface area contributed by atoms with Crippen molar-refractivity contribution in [2.45, 2.75) is 6.54 Å². The molecule has 9 nitrogen and oxygen atoms in total. The van der Waals surface area contributed by atoms with Crippen LogP contribution in [0.1, 0.15) is 5.56 Å². The van der Waals surface area contributed by atoms with Crippen LogP contribution >= 0.6 is 0 Å². The number of para-hydroxylation sites is 1. The summed E-state index contributed by atoms with van der Waals surface area (Å²) in [5.74, 6) is -1.61. The first-order chi connectivity index (χ1) is 15.4. The van der Waals surface area contributed by atoms with Crippen molar-refractivity contribution >= 4 is 34.1 Å². The van der Waals surface area contributed by atoms with E-state index < -0.39 is 17.5 Å². The van der Waals surface area contributed by atoms with Gasteiger partial charge in [0.1, 0.15) is 35.1 Å². The van der Waals surface area contributed by atoms with Gasteiger partial charge in [-0.05, 0) is 12.1 Å². The molecule has 2 heterocycles. The number of nitrogen functional groups attached to an aromatic ring is 2. The van der Waals surface area contributed by atoms with E-state index in [0.29, 0.717) is 10.9 Å². The first-order valence-electron chi connectivity index (χ1n) is 9.49. The number of benzene rings is 2. The van der Waals surface area contributed by atoms with Crippen LogP contribution in [-0.2, 0) is 16.1 Å².